The Hall–Kier alpha value is -2.05. The lowest BCUT2D eigenvalue weighted by Gasteiger charge is -2.26. The summed E-state index contributed by atoms with van der Waals surface area (Å²) in [5.41, 5.74) is 0.614. The average molecular weight is 304 g/mol. The first-order chi connectivity index (χ1) is 10.1. The van der Waals surface area contributed by atoms with E-state index in [1.54, 1.807) is 13.8 Å². The number of carbonyl (C=O) groups is 1. The Kier molecular flexibility index (Phi) is 3.57. The zero-order valence-corrected chi connectivity index (χ0v) is 12.6. The van der Waals surface area contributed by atoms with Crippen molar-refractivity contribution in [1.82, 2.24) is 10.4 Å². The molecule has 3 rings (SSSR count). The van der Waals surface area contributed by atoms with Gasteiger partial charge >= 0.3 is 0 Å². The van der Waals surface area contributed by atoms with E-state index in [1.807, 2.05) is 30.3 Å². The third-order valence-electron chi connectivity index (χ3n) is 3.42. The minimum Gasteiger partial charge on any atom is -0.472 e. The molecule has 1 aromatic carbocycles. The summed E-state index contributed by atoms with van der Waals surface area (Å²) in [6.45, 7) is 3.53. The van der Waals surface area contributed by atoms with Gasteiger partial charge in [0, 0.05) is 4.70 Å². The average Bonchev–Trinajstić information content (AvgIpc) is 3.03. The molecule has 1 aliphatic heterocycles. The number of hydrogen-bond acceptors (Lipinski definition) is 5. The van der Waals surface area contributed by atoms with E-state index in [0.29, 0.717) is 10.6 Å². The van der Waals surface area contributed by atoms with Gasteiger partial charge in [-0.15, -0.1) is 11.3 Å². The fraction of sp³-hybridized carbons (Fsp3) is 0.267. The van der Waals surface area contributed by atoms with Crippen LogP contribution in [0.5, 0.6) is 0 Å². The van der Waals surface area contributed by atoms with Gasteiger partial charge in [0.05, 0.1) is 16.6 Å². The molecule has 1 aromatic heterocycles. The Morgan fingerprint density at radius 3 is 2.90 bits per heavy atom. The maximum absolute atomic E-state index is 12.3. The van der Waals surface area contributed by atoms with Crippen LogP contribution in [-0.2, 0) is 4.74 Å². The standard InChI is InChI=1S/C15H16N2O3S/c1-9-8-20-15(17(9)19)10(2)16-14(18)13-7-11-5-3-4-6-12(11)21-13/h3-8,10,15,19H,1-2H3,(H,16,18)/t10-,15?/m0/s1. The highest BCUT2D eigenvalue weighted by Crippen LogP contribution is 2.25. The predicted octanol–water partition coefficient (Wildman–Crippen LogP) is 2.93. The summed E-state index contributed by atoms with van der Waals surface area (Å²) in [5, 5.41) is 14.8. The normalized spacial score (nSPS) is 19.3. The number of hydroxylamine groups is 2. The van der Waals surface area contributed by atoms with E-state index in [4.69, 9.17) is 4.74 Å². The van der Waals surface area contributed by atoms with E-state index in [-0.39, 0.29) is 11.9 Å². The fourth-order valence-corrected chi connectivity index (χ4v) is 3.22. The summed E-state index contributed by atoms with van der Waals surface area (Å²) in [6.07, 6.45) is 0.885. The van der Waals surface area contributed by atoms with Crippen molar-refractivity contribution in [2.45, 2.75) is 26.1 Å². The molecule has 5 nitrogen and oxygen atoms in total. The number of ether oxygens (including phenoxy) is 1. The van der Waals surface area contributed by atoms with Crippen LogP contribution in [0.15, 0.2) is 42.3 Å². The number of rotatable bonds is 3. The van der Waals surface area contributed by atoms with Gasteiger partial charge in [-0.05, 0) is 31.4 Å². The van der Waals surface area contributed by atoms with E-state index in [9.17, 15) is 10.0 Å². The molecular weight excluding hydrogens is 288 g/mol. The van der Waals surface area contributed by atoms with Gasteiger partial charge in [0.1, 0.15) is 6.26 Å². The molecule has 1 amide bonds. The summed E-state index contributed by atoms with van der Waals surface area (Å²) < 4.78 is 6.42. The lowest BCUT2D eigenvalue weighted by molar-refractivity contribution is -0.154. The van der Waals surface area contributed by atoms with Gasteiger partial charge in [-0.2, -0.15) is 0 Å². The van der Waals surface area contributed by atoms with Crippen molar-refractivity contribution in [3.8, 4) is 0 Å². The van der Waals surface area contributed by atoms with E-state index < -0.39 is 6.23 Å². The molecule has 0 saturated carbocycles. The molecule has 0 fully saturated rings. The topological polar surface area (TPSA) is 61.8 Å². The smallest absolute Gasteiger partial charge is 0.261 e. The van der Waals surface area contributed by atoms with Gasteiger partial charge in [-0.25, -0.2) is 5.06 Å². The quantitative estimate of drug-likeness (QED) is 0.915. The molecule has 2 aromatic rings. The van der Waals surface area contributed by atoms with Crippen LogP contribution in [0.25, 0.3) is 10.1 Å². The van der Waals surface area contributed by atoms with Crippen LogP contribution in [0, 0.1) is 0 Å². The highest BCUT2D eigenvalue weighted by Gasteiger charge is 2.30. The molecule has 0 radical (unpaired) electrons. The van der Waals surface area contributed by atoms with Crippen molar-refractivity contribution in [3.63, 3.8) is 0 Å². The Morgan fingerprint density at radius 1 is 1.48 bits per heavy atom. The summed E-state index contributed by atoms with van der Waals surface area (Å²) in [6, 6.07) is 9.40. The first-order valence-electron chi connectivity index (χ1n) is 6.66. The minimum atomic E-state index is -0.594. The minimum absolute atomic E-state index is 0.162. The van der Waals surface area contributed by atoms with Crippen molar-refractivity contribution in [3.05, 3.63) is 47.2 Å². The molecule has 6 heteroatoms. The number of fused-ring (bicyclic) bond motifs is 1. The summed E-state index contributed by atoms with van der Waals surface area (Å²) in [7, 11) is 0. The Balaban J connectivity index is 1.71. The van der Waals surface area contributed by atoms with Crippen LogP contribution in [0.1, 0.15) is 23.5 Å². The monoisotopic (exact) mass is 304 g/mol. The second kappa shape index (κ2) is 5.38. The predicted molar refractivity (Wildman–Crippen MR) is 81.0 cm³/mol. The highest BCUT2D eigenvalue weighted by atomic mass is 32.1. The Bertz CT molecular complexity index is 677. The highest BCUT2D eigenvalue weighted by molar-refractivity contribution is 7.20. The molecule has 21 heavy (non-hydrogen) atoms. The zero-order chi connectivity index (χ0) is 15.0. The van der Waals surface area contributed by atoms with Crippen molar-refractivity contribution in [1.29, 1.82) is 0 Å². The third-order valence-corrected chi connectivity index (χ3v) is 4.53. The van der Waals surface area contributed by atoms with Gasteiger partial charge in [0.25, 0.3) is 5.91 Å². The lowest BCUT2D eigenvalue weighted by atomic mass is 10.2. The third kappa shape index (κ3) is 2.59. The van der Waals surface area contributed by atoms with E-state index in [2.05, 4.69) is 5.32 Å². The lowest BCUT2D eigenvalue weighted by Crippen LogP contribution is -2.47. The van der Waals surface area contributed by atoms with E-state index in [0.717, 1.165) is 15.1 Å². The second-order valence-electron chi connectivity index (χ2n) is 5.04. The maximum Gasteiger partial charge on any atom is 0.261 e. The number of nitrogens with zero attached hydrogens (tertiary/aromatic N) is 1. The van der Waals surface area contributed by atoms with Crippen LogP contribution in [0.3, 0.4) is 0 Å². The molecule has 0 aliphatic carbocycles. The summed E-state index contributed by atoms with van der Waals surface area (Å²) in [4.78, 5) is 12.9. The largest absolute Gasteiger partial charge is 0.472 e. The zero-order valence-electron chi connectivity index (χ0n) is 11.7. The van der Waals surface area contributed by atoms with Crippen LogP contribution in [0.2, 0.25) is 0 Å². The van der Waals surface area contributed by atoms with Crippen LogP contribution >= 0.6 is 11.3 Å². The fourth-order valence-electron chi connectivity index (χ4n) is 2.25. The summed E-state index contributed by atoms with van der Waals surface area (Å²) in [5.74, 6) is -0.162. The molecule has 0 saturated heterocycles. The number of benzene rings is 1. The number of carbonyl (C=O) groups excluding carboxylic acids is 1. The molecule has 2 atom stereocenters. The first kappa shape index (κ1) is 13.9. The molecule has 2 heterocycles. The Morgan fingerprint density at radius 2 is 2.24 bits per heavy atom. The van der Waals surface area contributed by atoms with Crippen molar-refractivity contribution >= 4 is 27.3 Å². The van der Waals surface area contributed by atoms with Crippen molar-refractivity contribution in [2.24, 2.45) is 0 Å². The molecule has 110 valence electrons. The van der Waals surface area contributed by atoms with E-state index in [1.165, 1.54) is 17.6 Å². The number of allylic oxidation sites excluding steroid dienone is 1. The van der Waals surface area contributed by atoms with Crippen LogP contribution in [-0.4, -0.2) is 28.4 Å². The second-order valence-corrected chi connectivity index (χ2v) is 6.12. The van der Waals surface area contributed by atoms with Crippen molar-refractivity contribution < 1.29 is 14.7 Å². The molecule has 0 spiro atoms. The number of amides is 1. The number of thiophene rings is 1. The molecule has 1 aliphatic rings. The SMILES string of the molecule is CC1=COC([C@H](C)NC(=O)c2cc3ccccc3s2)N1O. The van der Waals surface area contributed by atoms with Crippen molar-refractivity contribution in [2.75, 3.05) is 0 Å². The van der Waals surface area contributed by atoms with Crippen LogP contribution in [0.4, 0.5) is 0 Å². The maximum atomic E-state index is 12.3. The molecule has 0 bridgehead atoms. The molecule has 2 N–H and O–H groups in total. The molecule has 1 unspecified atom stereocenters. The van der Waals surface area contributed by atoms with Gasteiger partial charge < -0.3 is 10.1 Å². The summed E-state index contributed by atoms with van der Waals surface area (Å²) >= 11 is 1.45. The first-order valence-corrected chi connectivity index (χ1v) is 7.47. The van der Waals surface area contributed by atoms with E-state index >= 15 is 0 Å². The number of hydrogen-bond donors (Lipinski definition) is 2. The van der Waals surface area contributed by atoms with Crippen LogP contribution < -0.4 is 5.32 Å². The van der Waals surface area contributed by atoms with Gasteiger partial charge in [0.15, 0.2) is 0 Å². The Labute approximate surface area is 126 Å². The molecular formula is C15H16N2O3S. The van der Waals surface area contributed by atoms with Gasteiger partial charge in [0.2, 0.25) is 6.23 Å². The van der Waals surface area contributed by atoms with Gasteiger partial charge in [-0.3, -0.25) is 10.0 Å². The van der Waals surface area contributed by atoms with Gasteiger partial charge in [-0.1, -0.05) is 18.2 Å². The number of nitrogens with one attached hydrogen (secondary N) is 1.